The van der Waals surface area contributed by atoms with Gasteiger partial charge in [-0.15, -0.1) is 25.3 Å². The van der Waals surface area contributed by atoms with Crippen molar-refractivity contribution < 1.29 is 28.8 Å². The zero-order valence-corrected chi connectivity index (χ0v) is 44.5. The second-order valence-electron chi connectivity index (χ2n) is 18.0. The van der Waals surface area contributed by atoms with Crippen LogP contribution in [0.25, 0.3) is 0 Å². The smallest absolute Gasteiger partial charge is 0.252 e. The Morgan fingerprint density at radius 1 is 0.412 bits per heavy atom. The van der Waals surface area contributed by atoms with E-state index < -0.39 is 22.6 Å². The van der Waals surface area contributed by atoms with Crippen LogP contribution in [0, 0.1) is 0 Å². The highest BCUT2D eigenvalue weighted by atomic mass is 32.1. The highest BCUT2D eigenvalue weighted by Crippen LogP contribution is 2.12. The predicted octanol–water partition coefficient (Wildman–Crippen LogP) is 8.31. The van der Waals surface area contributed by atoms with Crippen LogP contribution in [-0.4, -0.2) is 103 Å². The molecule has 0 aliphatic heterocycles. The topological polar surface area (TPSA) is 204 Å². The number of carbonyl (C=O) groups excluding carboxylic acids is 6. The highest BCUT2D eigenvalue weighted by molar-refractivity contribution is 7.82. The van der Waals surface area contributed by atoms with Gasteiger partial charge in [0.15, 0.2) is 10.7 Å². The van der Waals surface area contributed by atoms with E-state index in [1.807, 2.05) is 4.90 Å². The summed E-state index contributed by atoms with van der Waals surface area (Å²) >= 11 is 8.46. The van der Waals surface area contributed by atoms with Crippen molar-refractivity contribution in [1.82, 2.24) is 36.8 Å². The van der Waals surface area contributed by atoms with Crippen LogP contribution in [0.5, 0.6) is 0 Å². The Bertz CT molecular complexity index is 1260. The van der Waals surface area contributed by atoms with E-state index in [-0.39, 0.29) is 62.6 Å². The molecule has 68 heavy (non-hydrogen) atoms. The van der Waals surface area contributed by atoms with Crippen LogP contribution >= 0.6 is 25.3 Å². The number of nitrogens with one attached hydrogen (secondary N) is 6. The molecule has 0 radical (unpaired) electrons. The monoisotopic (exact) mass is 995 g/mol. The maximum Gasteiger partial charge on any atom is 0.252 e. The summed E-state index contributed by atoms with van der Waals surface area (Å²) in [7, 11) is 0. The van der Waals surface area contributed by atoms with Gasteiger partial charge in [-0.3, -0.25) is 28.8 Å². The van der Waals surface area contributed by atoms with Crippen molar-refractivity contribution in [3.05, 3.63) is 24.3 Å². The van der Waals surface area contributed by atoms with Crippen molar-refractivity contribution in [1.29, 1.82) is 0 Å². The lowest BCUT2D eigenvalue weighted by Crippen LogP contribution is -2.45. The molecule has 0 rings (SSSR count). The molecular formula is C52H98N8O6S2. The van der Waals surface area contributed by atoms with Crippen molar-refractivity contribution in [2.45, 2.75) is 217 Å². The second kappa shape index (κ2) is 48.9. The average molecular weight is 996 g/mol. The number of hydrogen-bond donors (Lipinski definition) is 9. The Morgan fingerprint density at radius 2 is 0.721 bits per heavy atom. The molecule has 6 amide bonds. The van der Waals surface area contributed by atoms with Crippen molar-refractivity contribution in [3.8, 4) is 0 Å². The number of carbonyl (C=O) groups is 6. The molecule has 0 spiro atoms. The number of allylic oxidation sites excluding steroid dienone is 4. The maximum absolute atomic E-state index is 12.5. The Labute approximate surface area is 424 Å². The lowest BCUT2D eigenvalue weighted by atomic mass is 10.1. The minimum Gasteiger partial charge on any atom is -0.354 e. The number of rotatable bonds is 48. The molecule has 0 aliphatic carbocycles. The second-order valence-corrected chi connectivity index (χ2v) is 19.1. The molecule has 0 saturated carbocycles. The number of hydrogen-bond acceptors (Lipinski definition) is 10. The zero-order valence-electron chi connectivity index (χ0n) is 42.7. The van der Waals surface area contributed by atoms with Crippen LogP contribution < -0.4 is 37.6 Å². The van der Waals surface area contributed by atoms with Gasteiger partial charge >= 0.3 is 0 Å². The van der Waals surface area contributed by atoms with Crippen molar-refractivity contribution in [3.63, 3.8) is 0 Å². The number of nitrogens with two attached hydrogens (primary N) is 1. The molecule has 0 aliphatic rings. The Kier molecular flexibility index (Phi) is 46.7. The van der Waals surface area contributed by atoms with Gasteiger partial charge < -0.3 is 42.5 Å². The highest BCUT2D eigenvalue weighted by Gasteiger charge is 2.18. The molecule has 0 heterocycles. The van der Waals surface area contributed by atoms with Gasteiger partial charge in [0.1, 0.15) is 0 Å². The summed E-state index contributed by atoms with van der Waals surface area (Å²) in [5, 5.41) is 14.2. The predicted molar refractivity (Wildman–Crippen MR) is 288 cm³/mol. The molecular weight excluding hydrogens is 897 g/mol. The first kappa shape index (κ1) is 64.9. The van der Waals surface area contributed by atoms with Crippen LogP contribution in [0.1, 0.15) is 206 Å². The summed E-state index contributed by atoms with van der Waals surface area (Å²) in [6.45, 7) is 6.93. The van der Waals surface area contributed by atoms with Gasteiger partial charge in [0.25, 0.3) is 11.8 Å². The van der Waals surface area contributed by atoms with Gasteiger partial charge in [0.2, 0.25) is 23.6 Å². The first-order chi connectivity index (χ1) is 33.0. The fourth-order valence-electron chi connectivity index (χ4n) is 7.48. The molecule has 0 aromatic carbocycles. The van der Waals surface area contributed by atoms with Crippen molar-refractivity contribution >= 4 is 60.7 Å². The first-order valence-corrected chi connectivity index (χ1v) is 27.8. The molecule has 0 fully saturated rings. The van der Waals surface area contributed by atoms with E-state index in [0.717, 1.165) is 64.2 Å². The minimum atomic E-state index is -0.973. The fourth-order valence-corrected chi connectivity index (χ4v) is 7.95. The SMILES string of the molecule is CCCCCCCC/C=C\CCCCCCCC(=O)NC(S)C(=O)NCCNC(=O)CCN(CCN)CCC(=O)NCCNC(=O)C(S)NC(=O)CCCCCCC/C=C\CCCCCCCC. The molecule has 8 N–H and O–H groups in total. The van der Waals surface area contributed by atoms with Crippen LogP contribution in [0.15, 0.2) is 24.3 Å². The van der Waals surface area contributed by atoms with E-state index in [1.165, 1.54) is 103 Å². The van der Waals surface area contributed by atoms with E-state index in [9.17, 15) is 28.8 Å². The van der Waals surface area contributed by atoms with Gasteiger partial charge in [0, 0.05) is 78.0 Å². The molecule has 0 bridgehead atoms. The minimum absolute atomic E-state index is 0.181. The van der Waals surface area contributed by atoms with Crippen molar-refractivity contribution in [2.24, 2.45) is 5.73 Å². The van der Waals surface area contributed by atoms with E-state index in [2.05, 4.69) is 95.3 Å². The van der Waals surface area contributed by atoms with E-state index in [4.69, 9.17) is 5.73 Å². The van der Waals surface area contributed by atoms with E-state index in [1.54, 1.807) is 0 Å². The Balaban J connectivity index is 3.97. The third-order valence-electron chi connectivity index (χ3n) is 11.7. The first-order valence-electron chi connectivity index (χ1n) is 26.8. The van der Waals surface area contributed by atoms with Gasteiger partial charge in [-0.1, -0.05) is 141 Å². The van der Waals surface area contributed by atoms with Crippen LogP contribution in [0.2, 0.25) is 0 Å². The lowest BCUT2D eigenvalue weighted by Gasteiger charge is -2.21. The largest absolute Gasteiger partial charge is 0.354 e. The molecule has 0 saturated heterocycles. The Hall–Kier alpha value is -3.08. The summed E-state index contributed by atoms with van der Waals surface area (Å²) in [6.07, 6.45) is 41.1. The summed E-state index contributed by atoms with van der Waals surface area (Å²) < 4.78 is 0. The molecule has 0 aromatic heterocycles. The summed E-state index contributed by atoms with van der Waals surface area (Å²) in [5.74, 6) is -1.72. The quantitative estimate of drug-likeness (QED) is 0.0125. The molecule has 0 aromatic rings. The summed E-state index contributed by atoms with van der Waals surface area (Å²) in [4.78, 5) is 76.4. The summed E-state index contributed by atoms with van der Waals surface area (Å²) in [6, 6.07) is 0. The van der Waals surface area contributed by atoms with E-state index in [0.29, 0.717) is 39.0 Å². The maximum atomic E-state index is 12.5. The van der Waals surface area contributed by atoms with Crippen molar-refractivity contribution in [2.75, 3.05) is 52.4 Å². The summed E-state index contributed by atoms with van der Waals surface area (Å²) in [5.41, 5.74) is 5.76. The van der Waals surface area contributed by atoms with E-state index >= 15 is 0 Å². The molecule has 14 nitrogen and oxygen atoms in total. The van der Waals surface area contributed by atoms with Gasteiger partial charge in [-0.25, -0.2) is 0 Å². The third-order valence-corrected chi connectivity index (χ3v) is 12.4. The Morgan fingerprint density at radius 3 is 1.06 bits per heavy atom. The number of unbranched alkanes of at least 4 members (excludes halogenated alkanes) is 22. The molecule has 2 atom stereocenters. The zero-order chi connectivity index (χ0) is 50.1. The van der Waals surface area contributed by atoms with Crippen LogP contribution in [0.4, 0.5) is 0 Å². The average Bonchev–Trinajstić information content (AvgIpc) is 3.32. The van der Waals surface area contributed by atoms with Crippen LogP contribution in [0.3, 0.4) is 0 Å². The lowest BCUT2D eigenvalue weighted by molar-refractivity contribution is -0.127. The normalized spacial score (nSPS) is 12.3. The molecule has 2 unspecified atom stereocenters. The molecule has 394 valence electrons. The van der Waals surface area contributed by atoms with Gasteiger partial charge in [0.05, 0.1) is 0 Å². The third kappa shape index (κ3) is 44.1. The molecule has 16 heteroatoms. The van der Waals surface area contributed by atoms with Crippen LogP contribution in [-0.2, 0) is 28.8 Å². The fraction of sp³-hybridized carbons (Fsp3) is 0.808. The standard InChI is InChI=1S/C52H98N8O6S2/c1-3-5-7-9-11-13-15-17-19-21-23-25-27-29-31-33-47(63)58-51(67)49(65)56-40-38-54-45(61)35-42-60(44-37-53)43-36-46(62)55-39-41-57-50(66)52(68)59-48(64)34-32-30-28-26-24-22-20-18-16-14-12-10-8-6-4-2/h17-20,51-52,67-68H,3-16,21-44,53H2,1-2H3,(H,54,61)(H,55,62)(H,56,65)(H,57,66)(H,58,63)(H,59,64)/b19-17-,20-18-. The van der Waals surface area contributed by atoms with Gasteiger partial charge in [-0.05, 0) is 64.2 Å². The number of nitrogens with zero attached hydrogens (tertiary/aromatic N) is 1. The number of amides is 6. The number of thiol groups is 2. The van der Waals surface area contributed by atoms with Gasteiger partial charge in [-0.2, -0.15) is 0 Å².